The normalized spacial score (nSPS) is 30.2. The van der Waals surface area contributed by atoms with Crippen molar-refractivity contribution in [2.75, 3.05) is 13.1 Å². The first-order chi connectivity index (χ1) is 8.47. The third kappa shape index (κ3) is 3.04. The molecule has 2 saturated carbocycles. The molecule has 0 aromatic rings. The molecule has 2 nitrogen and oxygen atoms in total. The number of thioether (sulfide) groups is 1. The predicted octanol–water partition coefficient (Wildman–Crippen LogP) is 3.67. The van der Waals surface area contributed by atoms with Gasteiger partial charge in [-0.15, -0.1) is 0 Å². The van der Waals surface area contributed by atoms with Gasteiger partial charge in [0.2, 0.25) is 0 Å². The Balaban J connectivity index is 1.42. The molecular formula is C15H26N2S. The molecule has 1 atom stereocenters. The van der Waals surface area contributed by atoms with E-state index in [0.29, 0.717) is 16.1 Å². The van der Waals surface area contributed by atoms with Crippen LogP contribution in [0.15, 0.2) is 4.99 Å². The molecule has 0 saturated heterocycles. The number of nitrogens with one attached hydrogen (secondary N) is 1. The lowest BCUT2D eigenvalue weighted by molar-refractivity contribution is 0.375. The highest BCUT2D eigenvalue weighted by Gasteiger charge is 2.53. The van der Waals surface area contributed by atoms with Crippen LogP contribution >= 0.6 is 11.8 Å². The summed E-state index contributed by atoms with van der Waals surface area (Å²) >= 11 is 1.98. The Morgan fingerprint density at radius 2 is 2.06 bits per heavy atom. The van der Waals surface area contributed by atoms with Crippen molar-refractivity contribution >= 4 is 16.9 Å². The fourth-order valence-corrected chi connectivity index (χ4v) is 4.49. The van der Waals surface area contributed by atoms with Crippen molar-refractivity contribution in [3.8, 4) is 0 Å². The Hall–Kier alpha value is -0.180. The summed E-state index contributed by atoms with van der Waals surface area (Å²) in [5.41, 5.74) is 1.11. The van der Waals surface area contributed by atoms with Crippen molar-refractivity contribution in [3.05, 3.63) is 0 Å². The van der Waals surface area contributed by atoms with E-state index in [-0.39, 0.29) is 0 Å². The smallest absolute Gasteiger partial charge is 0.156 e. The standard InChI is InChI=1S/C15H26N2S/c1-14(2,3)8-12-9-16-13(18-12)17-10-15(6-7-15)11-4-5-11/h11-12H,4-10H2,1-3H3,(H,16,17). The predicted molar refractivity (Wildman–Crippen MR) is 80.1 cm³/mol. The maximum atomic E-state index is 4.68. The zero-order chi connectivity index (χ0) is 12.8. The summed E-state index contributed by atoms with van der Waals surface area (Å²) in [7, 11) is 0. The second-order valence-corrected chi connectivity index (χ2v) is 8.93. The monoisotopic (exact) mass is 266 g/mol. The Morgan fingerprint density at radius 1 is 1.33 bits per heavy atom. The molecule has 1 heterocycles. The average Bonchev–Trinajstić information content (AvgIpc) is 3.14. The van der Waals surface area contributed by atoms with E-state index in [0.717, 1.165) is 12.5 Å². The van der Waals surface area contributed by atoms with Gasteiger partial charge >= 0.3 is 0 Å². The van der Waals surface area contributed by atoms with E-state index in [1.807, 2.05) is 11.8 Å². The van der Waals surface area contributed by atoms with Crippen LogP contribution in [0.1, 0.15) is 52.9 Å². The zero-order valence-corrected chi connectivity index (χ0v) is 12.8. The molecule has 2 aliphatic carbocycles. The zero-order valence-electron chi connectivity index (χ0n) is 12.0. The lowest BCUT2D eigenvalue weighted by Gasteiger charge is -2.22. The Morgan fingerprint density at radius 3 is 2.61 bits per heavy atom. The highest BCUT2D eigenvalue weighted by atomic mass is 32.2. The van der Waals surface area contributed by atoms with Crippen LogP contribution in [0, 0.1) is 16.7 Å². The second kappa shape index (κ2) is 4.43. The van der Waals surface area contributed by atoms with E-state index in [9.17, 15) is 0 Å². The molecule has 3 rings (SSSR count). The van der Waals surface area contributed by atoms with E-state index in [1.165, 1.54) is 43.8 Å². The number of hydrogen-bond acceptors (Lipinski definition) is 3. The maximum Gasteiger partial charge on any atom is 0.156 e. The molecule has 1 aliphatic heterocycles. The lowest BCUT2D eigenvalue weighted by Crippen LogP contribution is -2.29. The van der Waals surface area contributed by atoms with Gasteiger partial charge < -0.3 is 5.32 Å². The van der Waals surface area contributed by atoms with Gasteiger partial charge in [0.15, 0.2) is 5.17 Å². The summed E-state index contributed by atoms with van der Waals surface area (Å²) in [4.78, 5) is 4.68. The summed E-state index contributed by atoms with van der Waals surface area (Å²) in [6, 6.07) is 0. The van der Waals surface area contributed by atoms with Crippen LogP contribution in [0.5, 0.6) is 0 Å². The fourth-order valence-electron chi connectivity index (χ4n) is 3.14. The molecule has 2 fully saturated rings. The quantitative estimate of drug-likeness (QED) is 0.839. The third-order valence-corrected chi connectivity index (χ3v) is 5.63. The number of nitrogens with zero attached hydrogens (tertiary/aromatic N) is 1. The fraction of sp³-hybridized carbons (Fsp3) is 0.933. The molecule has 1 N–H and O–H groups in total. The summed E-state index contributed by atoms with van der Waals surface area (Å²) in [5.74, 6) is 1.04. The summed E-state index contributed by atoms with van der Waals surface area (Å²) in [5, 5.41) is 5.55. The molecule has 0 amide bonds. The van der Waals surface area contributed by atoms with Crippen LogP contribution in [0.4, 0.5) is 0 Å². The van der Waals surface area contributed by atoms with Gasteiger partial charge in [0.25, 0.3) is 0 Å². The molecule has 0 spiro atoms. The van der Waals surface area contributed by atoms with Gasteiger partial charge in [0.1, 0.15) is 0 Å². The Kier molecular flexibility index (Phi) is 3.16. The second-order valence-electron chi connectivity index (χ2n) is 7.64. The van der Waals surface area contributed by atoms with E-state index in [2.05, 4.69) is 31.1 Å². The van der Waals surface area contributed by atoms with Crippen molar-refractivity contribution in [3.63, 3.8) is 0 Å². The van der Waals surface area contributed by atoms with Crippen molar-refractivity contribution < 1.29 is 0 Å². The van der Waals surface area contributed by atoms with Crippen molar-refractivity contribution in [1.82, 2.24) is 5.32 Å². The average molecular weight is 266 g/mol. The summed E-state index contributed by atoms with van der Waals surface area (Å²) in [6.45, 7) is 9.17. The molecule has 0 aromatic carbocycles. The Labute approximate surface area is 115 Å². The van der Waals surface area contributed by atoms with Crippen molar-refractivity contribution in [2.24, 2.45) is 21.7 Å². The first kappa shape index (κ1) is 12.8. The highest BCUT2D eigenvalue weighted by molar-refractivity contribution is 8.14. The molecule has 1 unspecified atom stereocenters. The van der Waals surface area contributed by atoms with E-state index in [1.54, 1.807) is 0 Å². The third-order valence-electron chi connectivity index (χ3n) is 4.48. The molecule has 0 bridgehead atoms. The van der Waals surface area contributed by atoms with Gasteiger partial charge in [-0.2, -0.15) is 0 Å². The molecule has 0 aromatic heterocycles. The van der Waals surface area contributed by atoms with Gasteiger partial charge in [0, 0.05) is 11.8 Å². The van der Waals surface area contributed by atoms with Crippen LogP contribution in [0.25, 0.3) is 0 Å². The highest BCUT2D eigenvalue weighted by Crippen LogP contribution is 2.60. The van der Waals surface area contributed by atoms with Gasteiger partial charge in [-0.05, 0) is 48.9 Å². The van der Waals surface area contributed by atoms with Crippen LogP contribution in [0.3, 0.4) is 0 Å². The van der Waals surface area contributed by atoms with E-state index >= 15 is 0 Å². The SMILES string of the molecule is CC(C)(C)CC1CN=C(NCC2(C3CC3)CC2)S1. The molecule has 102 valence electrons. The van der Waals surface area contributed by atoms with Crippen LogP contribution in [0.2, 0.25) is 0 Å². The topological polar surface area (TPSA) is 24.4 Å². The molecule has 3 heteroatoms. The van der Waals surface area contributed by atoms with Gasteiger partial charge in [-0.3, -0.25) is 4.99 Å². The summed E-state index contributed by atoms with van der Waals surface area (Å²) < 4.78 is 0. The van der Waals surface area contributed by atoms with Crippen LogP contribution in [-0.4, -0.2) is 23.5 Å². The number of amidine groups is 1. The molecular weight excluding hydrogens is 240 g/mol. The number of aliphatic imine (C=N–C) groups is 1. The van der Waals surface area contributed by atoms with Gasteiger partial charge in [-0.1, -0.05) is 32.5 Å². The first-order valence-electron chi connectivity index (χ1n) is 7.42. The first-order valence-corrected chi connectivity index (χ1v) is 8.30. The van der Waals surface area contributed by atoms with E-state index < -0.39 is 0 Å². The Bertz CT molecular complexity index is 348. The maximum absolute atomic E-state index is 4.68. The summed E-state index contributed by atoms with van der Waals surface area (Å²) in [6.07, 6.45) is 7.13. The molecule has 3 aliphatic rings. The van der Waals surface area contributed by atoms with Gasteiger partial charge in [-0.25, -0.2) is 0 Å². The van der Waals surface area contributed by atoms with Crippen LogP contribution < -0.4 is 5.32 Å². The van der Waals surface area contributed by atoms with Gasteiger partial charge in [0.05, 0.1) is 6.54 Å². The van der Waals surface area contributed by atoms with E-state index in [4.69, 9.17) is 0 Å². The minimum atomic E-state index is 0.425. The molecule has 18 heavy (non-hydrogen) atoms. The van der Waals surface area contributed by atoms with Crippen molar-refractivity contribution in [1.29, 1.82) is 0 Å². The van der Waals surface area contributed by atoms with Crippen LogP contribution in [-0.2, 0) is 0 Å². The largest absolute Gasteiger partial charge is 0.364 e. The minimum Gasteiger partial charge on any atom is -0.364 e. The minimum absolute atomic E-state index is 0.425. The lowest BCUT2D eigenvalue weighted by atomic mass is 9.90. The van der Waals surface area contributed by atoms with Crippen molar-refractivity contribution in [2.45, 2.75) is 58.1 Å². The molecule has 0 radical (unpaired) electrons. The number of rotatable bonds is 4. The number of hydrogen-bond donors (Lipinski definition) is 1.